The zero-order chi connectivity index (χ0) is 15.2. The molecule has 1 unspecified atom stereocenters. The molecule has 1 aromatic carbocycles. The van der Waals surface area contributed by atoms with Gasteiger partial charge in [-0.3, -0.25) is 9.69 Å². The lowest BCUT2D eigenvalue weighted by molar-refractivity contribution is -0.118. The summed E-state index contributed by atoms with van der Waals surface area (Å²) in [5.74, 6) is -0.525. The number of nitrogens with zero attached hydrogens (tertiary/aromatic N) is 1. The molecule has 0 aromatic heterocycles. The summed E-state index contributed by atoms with van der Waals surface area (Å²) in [4.78, 5) is 14.2. The first-order valence-corrected chi connectivity index (χ1v) is 7.51. The number of carbonyl (C=O) groups excluding carboxylic acids is 1. The molecule has 2 N–H and O–H groups in total. The van der Waals surface area contributed by atoms with Crippen molar-refractivity contribution in [3.63, 3.8) is 0 Å². The van der Waals surface area contributed by atoms with Crippen LogP contribution in [0, 0.1) is 12.7 Å². The maximum atomic E-state index is 13.2. The summed E-state index contributed by atoms with van der Waals surface area (Å²) in [6.07, 6.45) is 4.19. The number of halogens is 1. The number of aryl methyl sites for hydroxylation is 1. The van der Waals surface area contributed by atoms with Crippen molar-refractivity contribution in [2.24, 2.45) is 0 Å². The molecular formula is C16H23FN2O2. The molecular weight excluding hydrogens is 271 g/mol. The van der Waals surface area contributed by atoms with Crippen LogP contribution in [0.25, 0.3) is 0 Å². The van der Waals surface area contributed by atoms with E-state index in [0.717, 1.165) is 37.8 Å². The van der Waals surface area contributed by atoms with Gasteiger partial charge >= 0.3 is 0 Å². The molecule has 4 nitrogen and oxygen atoms in total. The number of benzene rings is 1. The molecule has 1 atom stereocenters. The highest BCUT2D eigenvalue weighted by Gasteiger charge is 2.22. The van der Waals surface area contributed by atoms with Crippen LogP contribution in [-0.4, -0.2) is 41.7 Å². The van der Waals surface area contributed by atoms with Gasteiger partial charge in [-0.15, -0.1) is 0 Å². The fourth-order valence-electron chi connectivity index (χ4n) is 2.75. The number of hydrogen-bond acceptors (Lipinski definition) is 3. The minimum absolute atomic E-state index is 0.0480. The van der Waals surface area contributed by atoms with Crippen molar-refractivity contribution in [3.05, 3.63) is 29.6 Å². The molecule has 0 bridgehead atoms. The molecule has 1 heterocycles. The number of aliphatic hydroxyl groups excluding tert-OH is 1. The number of nitrogens with one attached hydrogen (secondary N) is 1. The number of aliphatic hydroxyl groups is 1. The van der Waals surface area contributed by atoms with Gasteiger partial charge < -0.3 is 10.4 Å². The summed E-state index contributed by atoms with van der Waals surface area (Å²) in [6, 6.07) is 4.40. The number of rotatable bonds is 4. The molecule has 21 heavy (non-hydrogen) atoms. The van der Waals surface area contributed by atoms with E-state index < -0.39 is 0 Å². The summed E-state index contributed by atoms with van der Waals surface area (Å²) >= 11 is 0. The summed E-state index contributed by atoms with van der Waals surface area (Å²) < 4.78 is 13.2. The van der Waals surface area contributed by atoms with Gasteiger partial charge in [-0.1, -0.05) is 18.9 Å². The first kappa shape index (κ1) is 15.9. The third-order valence-corrected chi connectivity index (χ3v) is 4.03. The van der Waals surface area contributed by atoms with Gasteiger partial charge in [0.15, 0.2) is 0 Å². The zero-order valence-electron chi connectivity index (χ0n) is 12.4. The van der Waals surface area contributed by atoms with Gasteiger partial charge in [0.05, 0.1) is 13.2 Å². The van der Waals surface area contributed by atoms with Crippen LogP contribution in [0.15, 0.2) is 18.2 Å². The van der Waals surface area contributed by atoms with Crippen molar-refractivity contribution in [1.82, 2.24) is 4.90 Å². The van der Waals surface area contributed by atoms with Crippen LogP contribution in [-0.2, 0) is 4.79 Å². The normalized spacial score (nSPS) is 20.0. The number of hydrogen-bond donors (Lipinski definition) is 2. The van der Waals surface area contributed by atoms with Gasteiger partial charge in [0.2, 0.25) is 5.91 Å². The molecule has 0 radical (unpaired) electrons. The van der Waals surface area contributed by atoms with E-state index in [-0.39, 0.29) is 30.9 Å². The van der Waals surface area contributed by atoms with Gasteiger partial charge in [0.25, 0.3) is 0 Å². The molecule has 116 valence electrons. The van der Waals surface area contributed by atoms with Gasteiger partial charge in [0, 0.05) is 11.7 Å². The number of likely N-dealkylation sites (tertiary alicyclic amines) is 1. The maximum absolute atomic E-state index is 13.2. The van der Waals surface area contributed by atoms with Crippen molar-refractivity contribution >= 4 is 11.6 Å². The third-order valence-electron chi connectivity index (χ3n) is 4.03. The van der Waals surface area contributed by atoms with Crippen LogP contribution >= 0.6 is 0 Å². The Hall–Kier alpha value is -1.46. The zero-order valence-corrected chi connectivity index (χ0v) is 12.4. The van der Waals surface area contributed by atoms with Crippen molar-refractivity contribution in [2.75, 3.05) is 25.0 Å². The highest BCUT2D eigenvalue weighted by atomic mass is 19.1. The Labute approximate surface area is 125 Å². The molecule has 5 heteroatoms. The maximum Gasteiger partial charge on any atom is 0.238 e. The predicted molar refractivity (Wildman–Crippen MR) is 80.7 cm³/mol. The Morgan fingerprint density at radius 1 is 1.43 bits per heavy atom. The summed E-state index contributed by atoms with van der Waals surface area (Å²) in [5.41, 5.74) is 1.34. The SMILES string of the molecule is Cc1ccc(F)cc1NC(=O)CN1CCCCCC1CO. The van der Waals surface area contributed by atoms with Gasteiger partial charge in [0.1, 0.15) is 5.82 Å². The van der Waals surface area contributed by atoms with Gasteiger partial charge in [-0.25, -0.2) is 4.39 Å². The highest BCUT2D eigenvalue weighted by Crippen LogP contribution is 2.18. The third kappa shape index (κ3) is 4.51. The summed E-state index contributed by atoms with van der Waals surface area (Å²) in [7, 11) is 0. The number of anilines is 1. The Balaban J connectivity index is 1.98. The average molecular weight is 294 g/mol. The second-order valence-electron chi connectivity index (χ2n) is 5.66. The van der Waals surface area contributed by atoms with E-state index in [2.05, 4.69) is 5.32 Å². The van der Waals surface area contributed by atoms with E-state index >= 15 is 0 Å². The Kier molecular flexibility index (Phi) is 5.70. The lowest BCUT2D eigenvalue weighted by Crippen LogP contribution is -2.42. The topological polar surface area (TPSA) is 52.6 Å². The van der Waals surface area contributed by atoms with Gasteiger partial charge in [-0.05, 0) is 44.0 Å². The minimum Gasteiger partial charge on any atom is -0.395 e. The average Bonchev–Trinajstić information content (AvgIpc) is 2.68. The lowest BCUT2D eigenvalue weighted by atomic mass is 10.1. The smallest absolute Gasteiger partial charge is 0.238 e. The van der Waals surface area contributed by atoms with E-state index in [0.29, 0.717) is 5.69 Å². The Bertz CT molecular complexity index is 493. The van der Waals surface area contributed by atoms with Crippen molar-refractivity contribution < 1.29 is 14.3 Å². The number of carbonyl (C=O) groups is 1. The molecule has 0 aliphatic carbocycles. The molecule has 1 aliphatic rings. The monoisotopic (exact) mass is 294 g/mol. The Morgan fingerprint density at radius 3 is 3.00 bits per heavy atom. The Morgan fingerprint density at radius 2 is 2.24 bits per heavy atom. The molecule has 1 saturated heterocycles. The molecule has 1 aromatic rings. The molecule has 1 aliphatic heterocycles. The fourth-order valence-corrected chi connectivity index (χ4v) is 2.75. The van der Waals surface area contributed by atoms with Crippen LogP contribution in [0.1, 0.15) is 31.2 Å². The molecule has 0 spiro atoms. The van der Waals surface area contributed by atoms with Crippen LogP contribution < -0.4 is 5.32 Å². The van der Waals surface area contributed by atoms with Crippen molar-refractivity contribution in [3.8, 4) is 0 Å². The van der Waals surface area contributed by atoms with E-state index in [4.69, 9.17) is 0 Å². The van der Waals surface area contributed by atoms with Crippen LogP contribution in [0.3, 0.4) is 0 Å². The van der Waals surface area contributed by atoms with Crippen LogP contribution in [0.4, 0.5) is 10.1 Å². The second kappa shape index (κ2) is 7.52. The lowest BCUT2D eigenvalue weighted by Gasteiger charge is -2.27. The highest BCUT2D eigenvalue weighted by molar-refractivity contribution is 5.93. The minimum atomic E-state index is -0.362. The molecule has 0 saturated carbocycles. The first-order valence-electron chi connectivity index (χ1n) is 7.51. The summed E-state index contributed by atoms with van der Waals surface area (Å²) in [5, 5.41) is 12.2. The van der Waals surface area contributed by atoms with E-state index in [1.165, 1.54) is 12.1 Å². The predicted octanol–water partition coefficient (Wildman–Crippen LogP) is 2.31. The molecule has 1 fully saturated rings. The van der Waals surface area contributed by atoms with Gasteiger partial charge in [-0.2, -0.15) is 0 Å². The van der Waals surface area contributed by atoms with E-state index in [9.17, 15) is 14.3 Å². The van der Waals surface area contributed by atoms with Crippen molar-refractivity contribution in [1.29, 1.82) is 0 Å². The second-order valence-corrected chi connectivity index (χ2v) is 5.66. The number of amides is 1. The van der Waals surface area contributed by atoms with E-state index in [1.807, 2.05) is 11.8 Å². The van der Waals surface area contributed by atoms with E-state index in [1.54, 1.807) is 6.07 Å². The molecule has 1 amide bonds. The largest absolute Gasteiger partial charge is 0.395 e. The van der Waals surface area contributed by atoms with Crippen LogP contribution in [0.5, 0.6) is 0 Å². The quantitative estimate of drug-likeness (QED) is 0.896. The first-order chi connectivity index (χ1) is 10.1. The molecule has 2 rings (SSSR count). The standard InChI is InChI=1S/C16H23FN2O2/c1-12-6-7-13(17)9-15(12)18-16(21)10-19-8-4-2-3-5-14(19)11-20/h6-7,9,14,20H,2-5,8,10-11H2,1H3,(H,18,21). The van der Waals surface area contributed by atoms with Crippen LogP contribution in [0.2, 0.25) is 0 Å². The summed E-state index contributed by atoms with van der Waals surface area (Å²) in [6.45, 7) is 2.96. The van der Waals surface area contributed by atoms with Crippen molar-refractivity contribution in [2.45, 2.75) is 38.6 Å². The fraction of sp³-hybridized carbons (Fsp3) is 0.562.